The number of carbonyl (C=O) groups excluding carboxylic acids is 2. The van der Waals surface area contributed by atoms with Gasteiger partial charge in [0.05, 0.1) is 18.9 Å². The van der Waals surface area contributed by atoms with Gasteiger partial charge >= 0.3 is 0 Å². The Balaban J connectivity index is 1.47. The van der Waals surface area contributed by atoms with Crippen LogP contribution in [-0.4, -0.2) is 29.6 Å². The van der Waals surface area contributed by atoms with Gasteiger partial charge in [0.25, 0.3) is 5.91 Å². The predicted molar refractivity (Wildman–Crippen MR) is 146 cm³/mol. The van der Waals surface area contributed by atoms with Gasteiger partial charge in [-0.15, -0.1) is 11.8 Å². The van der Waals surface area contributed by atoms with E-state index in [0.29, 0.717) is 23.8 Å². The standard InChI is InChI=1S/C30H34N2O3S/c1-19(2)25-16-26(20(3)15-27(25)35-5)21(4)31-29(34)23-11-13-24(14-12-23)30-32(28(33)18-36-30)17-22-9-7-6-8-10-22/h6-16,19,21,30H,17-18H2,1-5H3,(H,31,34)/t21-,30+/m1/s1. The second kappa shape index (κ2) is 11.2. The first-order valence-electron chi connectivity index (χ1n) is 12.3. The first kappa shape index (κ1) is 25.8. The third-order valence-electron chi connectivity index (χ3n) is 6.68. The van der Waals surface area contributed by atoms with Crippen LogP contribution in [0.15, 0.2) is 66.7 Å². The average molecular weight is 503 g/mol. The van der Waals surface area contributed by atoms with Crippen molar-refractivity contribution in [3.05, 3.63) is 100 Å². The van der Waals surface area contributed by atoms with Crippen LogP contribution in [0.25, 0.3) is 0 Å². The molecule has 3 aromatic carbocycles. The molecule has 5 nitrogen and oxygen atoms in total. The van der Waals surface area contributed by atoms with Gasteiger partial charge in [0.2, 0.25) is 5.91 Å². The maximum atomic E-state index is 13.1. The van der Waals surface area contributed by atoms with Crippen LogP contribution in [0.1, 0.15) is 76.3 Å². The Kier molecular flexibility index (Phi) is 8.04. The summed E-state index contributed by atoms with van der Waals surface area (Å²) in [6.07, 6.45) is 0. The second-order valence-corrected chi connectivity index (χ2v) is 10.7. The Morgan fingerprint density at radius 2 is 1.75 bits per heavy atom. The number of rotatable bonds is 8. The fourth-order valence-electron chi connectivity index (χ4n) is 4.65. The van der Waals surface area contributed by atoms with Gasteiger partial charge in [-0.2, -0.15) is 0 Å². The molecule has 0 unspecified atom stereocenters. The number of amides is 2. The molecule has 0 aliphatic carbocycles. The number of hydrogen-bond acceptors (Lipinski definition) is 4. The Morgan fingerprint density at radius 1 is 1.06 bits per heavy atom. The van der Waals surface area contributed by atoms with Crippen LogP contribution >= 0.6 is 11.8 Å². The summed E-state index contributed by atoms with van der Waals surface area (Å²) in [7, 11) is 1.69. The first-order valence-corrected chi connectivity index (χ1v) is 13.4. The molecule has 1 saturated heterocycles. The van der Waals surface area contributed by atoms with E-state index in [1.165, 1.54) is 0 Å². The normalized spacial score (nSPS) is 16.3. The van der Waals surface area contributed by atoms with Crippen molar-refractivity contribution in [1.82, 2.24) is 10.2 Å². The van der Waals surface area contributed by atoms with Gasteiger partial charge in [-0.3, -0.25) is 9.59 Å². The lowest BCUT2D eigenvalue weighted by atomic mass is 9.93. The van der Waals surface area contributed by atoms with E-state index in [1.54, 1.807) is 18.9 Å². The number of methoxy groups -OCH3 is 1. The summed E-state index contributed by atoms with van der Waals surface area (Å²) in [5.41, 5.74) is 6.04. The molecule has 6 heteroatoms. The summed E-state index contributed by atoms with van der Waals surface area (Å²) in [5.74, 6) is 1.69. The molecule has 1 fully saturated rings. The van der Waals surface area contributed by atoms with Crippen molar-refractivity contribution in [3.63, 3.8) is 0 Å². The van der Waals surface area contributed by atoms with Gasteiger partial charge in [-0.25, -0.2) is 0 Å². The van der Waals surface area contributed by atoms with Crippen LogP contribution in [0, 0.1) is 6.92 Å². The topological polar surface area (TPSA) is 58.6 Å². The summed E-state index contributed by atoms with van der Waals surface area (Å²) in [6.45, 7) is 8.91. The van der Waals surface area contributed by atoms with Crippen molar-refractivity contribution in [2.45, 2.75) is 51.6 Å². The van der Waals surface area contributed by atoms with Gasteiger partial charge in [0, 0.05) is 12.1 Å². The molecule has 0 radical (unpaired) electrons. The zero-order chi connectivity index (χ0) is 25.8. The first-order chi connectivity index (χ1) is 17.3. The van der Waals surface area contributed by atoms with Crippen LogP contribution in [0.2, 0.25) is 0 Å². The minimum atomic E-state index is -0.148. The summed E-state index contributed by atoms with van der Waals surface area (Å²) < 4.78 is 5.56. The number of nitrogens with zero attached hydrogens (tertiary/aromatic N) is 1. The second-order valence-electron chi connectivity index (χ2n) is 9.59. The lowest BCUT2D eigenvalue weighted by Gasteiger charge is -2.24. The van der Waals surface area contributed by atoms with E-state index in [0.717, 1.165) is 33.6 Å². The van der Waals surface area contributed by atoms with Crippen LogP contribution in [0.5, 0.6) is 5.75 Å². The highest BCUT2D eigenvalue weighted by atomic mass is 32.2. The molecule has 1 aliphatic heterocycles. The van der Waals surface area contributed by atoms with E-state index >= 15 is 0 Å². The number of ether oxygens (including phenoxy) is 1. The van der Waals surface area contributed by atoms with Crippen LogP contribution in [0.3, 0.4) is 0 Å². The lowest BCUT2D eigenvalue weighted by Crippen LogP contribution is -2.28. The van der Waals surface area contributed by atoms with Gasteiger partial charge < -0.3 is 15.0 Å². The molecular formula is C30H34N2O3S. The molecule has 0 spiro atoms. The Hall–Kier alpha value is -3.25. The highest BCUT2D eigenvalue weighted by Crippen LogP contribution is 2.39. The van der Waals surface area contributed by atoms with Crippen molar-refractivity contribution in [3.8, 4) is 5.75 Å². The zero-order valence-electron chi connectivity index (χ0n) is 21.6. The molecule has 1 heterocycles. The summed E-state index contributed by atoms with van der Waals surface area (Å²) in [6, 6.07) is 21.7. The molecule has 1 aliphatic rings. The van der Waals surface area contributed by atoms with E-state index in [4.69, 9.17) is 4.74 Å². The number of benzene rings is 3. The van der Waals surface area contributed by atoms with Gasteiger partial charge in [0.15, 0.2) is 0 Å². The molecule has 36 heavy (non-hydrogen) atoms. The Morgan fingerprint density at radius 3 is 2.39 bits per heavy atom. The molecular weight excluding hydrogens is 468 g/mol. The number of aryl methyl sites for hydroxylation is 1. The van der Waals surface area contributed by atoms with E-state index in [9.17, 15) is 9.59 Å². The maximum absolute atomic E-state index is 13.1. The molecule has 4 rings (SSSR count). The smallest absolute Gasteiger partial charge is 0.251 e. The monoisotopic (exact) mass is 502 g/mol. The van der Waals surface area contributed by atoms with E-state index in [1.807, 2.05) is 79.4 Å². The number of hydrogen-bond donors (Lipinski definition) is 1. The van der Waals surface area contributed by atoms with E-state index in [2.05, 4.69) is 25.2 Å². The van der Waals surface area contributed by atoms with Crippen LogP contribution in [-0.2, 0) is 11.3 Å². The summed E-state index contributed by atoms with van der Waals surface area (Å²) in [5, 5.41) is 3.09. The average Bonchev–Trinajstić information content (AvgIpc) is 3.23. The number of thioether (sulfide) groups is 1. The predicted octanol–water partition coefficient (Wildman–Crippen LogP) is 6.39. The molecule has 0 saturated carbocycles. The lowest BCUT2D eigenvalue weighted by molar-refractivity contribution is -0.128. The fraction of sp³-hybridized carbons (Fsp3) is 0.333. The van der Waals surface area contributed by atoms with Crippen molar-refractivity contribution < 1.29 is 14.3 Å². The molecule has 1 N–H and O–H groups in total. The molecule has 2 atom stereocenters. The number of nitrogens with one attached hydrogen (secondary N) is 1. The molecule has 0 bridgehead atoms. The molecule has 2 amide bonds. The third kappa shape index (κ3) is 5.59. The van der Waals surface area contributed by atoms with Crippen molar-refractivity contribution in [2.75, 3.05) is 12.9 Å². The highest BCUT2D eigenvalue weighted by molar-refractivity contribution is 8.00. The molecule has 3 aromatic rings. The zero-order valence-corrected chi connectivity index (χ0v) is 22.4. The van der Waals surface area contributed by atoms with E-state index < -0.39 is 0 Å². The van der Waals surface area contributed by atoms with Crippen molar-refractivity contribution in [1.29, 1.82) is 0 Å². The fourth-order valence-corrected chi connectivity index (χ4v) is 5.84. The summed E-state index contributed by atoms with van der Waals surface area (Å²) >= 11 is 1.63. The highest BCUT2D eigenvalue weighted by Gasteiger charge is 2.32. The van der Waals surface area contributed by atoms with E-state index in [-0.39, 0.29) is 23.2 Å². The minimum absolute atomic E-state index is 0.0508. The molecule has 188 valence electrons. The van der Waals surface area contributed by atoms with Crippen LogP contribution in [0.4, 0.5) is 0 Å². The Bertz CT molecular complexity index is 1220. The quantitative estimate of drug-likeness (QED) is 0.388. The largest absolute Gasteiger partial charge is 0.496 e. The maximum Gasteiger partial charge on any atom is 0.251 e. The third-order valence-corrected chi connectivity index (χ3v) is 7.93. The molecule has 0 aromatic heterocycles. The van der Waals surface area contributed by atoms with Crippen molar-refractivity contribution >= 4 is 23.6 Å². The van der Waals surface area contributed by atoms with Crippen molar-refractivity contribution in [2.24, 2.45) is 0 Å². The minimum Gasteiger partial charge on any atom is -0.496 e. The van der Waals surface area contributed by atoms with Gasteiger partial charge in [-0.1, -0.05) is 56.3 Å². The van der Waals surface area contributed by atoms with Gasteiger partial charge in [0.1, 0.15) is 11.1 Å². The summed E-state index contributed by atoms with van der Waals surface area (Å²) in [4.78, 5) is 27.5. The Labute approximate surface area is 218 Å². The number of carbonyl (C=O) groups is 2. The SMILES string of the molecule is COc1cc(C)c([C@@H](C)NC(=O)c2ccc([C@@H]3SCC(=O)N3Cc3ccccc3)cc2)cc1C(C)C. The van der Waals surface area contributed by atoms with Gasteiger partial charge in [-0.05, 0) is 71.8 Å². The van der Waals surface area contributed by atoms with Crippen LogP contribution < -0.4 is 10.1 Å².